The van der Waals surface area contributed by atoms with Crippen molar-refractivity contribution in [3.05, 3.63) is 63.6 Å². The molecule has 0 unspecified atom stereocenters. The molecule has 2 N–H and O–H groups in total. The van der Waals surface area contributed by atoms with E-state index in [9.17, 15) is 0 Å². The van der Waals surface area contributed by atoms with Gasteiger partial charge in [-0.05, 0) is 42.8 Å². The van der Waals surface area contributed by atoms with E-state index in [1.165, 1.54) is 0 Å². The van der Waals surface area contributed by atoms with Crippen LogP contribution in [-0.2, 0) is 4.74 Å². The third-order valence-corrected chi connectivity index (χ3v) is 5.33. The zero-order valence-corrected chi connectivity index (χ0v) is 19.2. The first kappa shape index (κ1) is 21.5. The SMILES string of the molecule is CC(=NNc1nc(Nc2cccc(Br)c2)nc(N2CCOCC2)n1)c1ccc(Cl)cc1. The Labute approximate surface area is 193 Å². The van der Waals surface area contributed by atoms with E-state index in [1.807, 2.05) is 55.5 Å². The summed E-state index contributed by atoms with van der Waals surface area (Å²) in [5, 5.41) is 8.35. The van der Waals surface area contributed by atoms with Gasteiger partial charge in [0.2, 0.25) is 17.8 Å². The zero-order valence-electron chi connectivity index (χ0n) is 16.8. The number of hydrazone groups is 1. The predicted octanol–water partition coefficient (Wildman–Crippen LogP) is 4.70. The van der Waals surface area contributed by atoms with Crippen molar-refractivity contribution in [3.63, 3.8) is 0 Å². The van der Waals surface area contributed by atoms with Gasteiger partial charge in [-0.25, -0.2) is 5.43 Å². The summed E-state index contributed by atoms with van der Waals surface area (Å²) in [7, 11) is 0. The molecule has 160 valence electrons. The lowest BCUT2D eigenvalue weighted by Crippen LogP contribution is -2.37. The molecule has 0 aliphatic carbocycles. The summed E-state index contributed by atoms with van der Waals surface area (Å²) in [5.74, 6) is 1.34. The number of nitrogens with zero attached hydrogens (tertiary/aromatic N) is 5. The van der Waals surface area contributed by atoms with Crippen molar-refractivity contribution in [3.8, 4) is 0 Å². The summed E-state index contributed by atoms with van der Waals surface area (Å²) in [6.07, 6.45) is 0. The summed E-state index contributed by atoms with van der Waals surface area (Å²) < 4.78 is 6.41. The molecule has 1 aliphatic heterocycles. The highest BCUT2D eigenvalue weighted by atomic mass is 79.9. The quantitative estimate of drug-likeness (QED) is 0.373. The number of benzene rings is 2. The topological polar surface area (TPSA) is 87.6 Å². The lowest BCUT2D eigenvalue weighted by molar-refractivity contribution is 0.122. The van der Waals surface area contributed by atoms with Gasteiger partial charge in [-0.3, -0.25) is 0 Å². The lowest BCUT2D eigenvalue weighted by atomic mass is 10.1. The molecule has 1 fully saturated rings. The molecule has 1 aliphatic rings. The summed E-state index contributed by atoms with van der Waals surface area (Å²) in [5.41, 5.74) is 5.56. The van der Waals surface area contributed by atoms with Gasteiger partial charge in [-0.2, -0.15) is 20.1 Å². The maximum Gasteiger partial charge on any atom is 0.250 e. The van der Waals surface area contributed by atoms with Gasteiger partial charge in [0.25, 0.3) is 0 Å². The van der Waals surface area contributed by atoms with E-state index in [1.54, 1.807) is 0 Å². The number of hydrogen-bond donors (Lipinski definition) is 2. The number of rotatable bonds is 6. The van der Waals surface area contributed by atoms with Crippen LogP contribution in [0.3, 0.4) is 0 Å². The molecule has 31 heavy (non-hydrogen) atoms. The van der Waals surface area contributed by atoms with E-state index in [2.05, 4.69) is 51.6 Å². The lowest BCUT2D eigenvalue weighted by Gasteiger charge is -2.27. The highest BCUT2D eigenvalue weighted by molar-refractivity contribution is 9.10. The molecule has 1 aromatic heterocycles. The number of morpholine rings is 1. The second kappa shape index (κ2) is 10.0. The Morgan fingerprint density at radius 2 is 1.81 bits per heavy atom. The Kier molecular flexibility index (Phi) is 6.96. The number of anilines is 4. The number of halogens is 2. The Balaban J connectivity index is 1.60. The van der Waals surface area contributed by atoms with Crippen LogP contribution >= 0.6 is 27.5 Å². The standard InChI is InChI=1S/C21H21BrClN7O/c1-14(15-5-7-17(23)8-6-15)28-29-20-25-19(24-18-4-2-3-16(22)13-18)26-21(27-20)30-9-11-31-12-10-30/h2-8,13H,9-12H2,1H3,(H2,24,25,26,27,29). The number of hydrogen-bond acceptors (Lipinski definition) is 8. The summed E-state index contributed by atoms with van der Waals surface area (Å²) in [6.45, 7) is 4.61. The fourth-order valence-electron chi connectivity index (χ4n) is 2.96. The molecule has 3 aromatic rings. The van der Waals surface area contributed by atoms with Crippen LogP contribution in [0.2, 0.25) is 5.02 Å². The van der Waals surface area contributed by atoms with Crippen molar-refractivity contribution in [2.75, 3.05) is 41.9 Å². The van der Waals surface area contributed by atoms with Crippen LogP contribution in [0.5, 0.6) is 0 Å². The van der Waals surface area contributed by atoms with Gasteiger partial charge < -0.3 is 15.0 Å². The third-order valence-electron chi connectivity index (χ3n) is 4.58. The molecule has 2 heterocycles. The van der Waals surface area contributed by atoms with Crippen molar-refractivity contribution >= 4 is 56.8 Å². The van der Waals surface area contributed by atoms with Gasteiger partial charge in [0.1, 0.15) is 0 Å². The Morgan fingerprint density at radius 3 is 2.55 bits per heavy atom. The number of nitrogens with one attached hydrogen (secondary N) is 2. The summed E-state index contributed by atoms with van der Waals surface area (Å²) >= 11 is 9.45. The van der Waals surface area contributed by atoms with Crippen molar-refractivity contribution in [2.45, 2.75) is 6.92 Å². The van der Waals surface area contributed by atoms with Crippen molar-refractivity contribution in [2.24, 2.45) is 5.10 Å². The molecule has 0 saturated carbocycles. The van der Waals surface area contributed by atoms with Gasteiger partial charge >= 0.3 is 0 Å². The van der Waals surface area contributed by atoms with Gasteiger partial charge in [0.15, 0.2) is 0 Å². The smallest absolute Gasteiger partial charge is 0.250 e. The fourth-order valence-corrected chi connectivity index (χ4v) is 3.49. The molecule has 1 saturated heterocycles. The van der Waals surface area contributed by atoms with E-state index in [0.29, 0.717) is 49.2 Å². The zero-order chi connectivity index (χ0) is 21.6. The minimum absolute atomic E-state index is 0.349. The van der Waals surface area contributed by atoms with E-state index in [-0.39, 0.29) is 0 Å². The van der Waals surface area contributed by atoms with Crippen molar-refractivity contribution in [1.29, 1.82) is 0 Å². The second-order valence-corrected chi connectivity index (χ2v) is 8.19. The first-order valence-corrected chi connectivity index (χ1v) is 10.9. The van der Waals surface area contributed by atoms with Crippen molar-refractivity contribution in [1.82, 2.24) is 15.0 Å². The highest BCUT2D eigenvalue weighted by Gasteiger charge is 2.17. The van der Waals surface area contributed by atoms with Crippen LogP contribution in [0.15, 0.2) is 58.1 Å². The first-order valence-electron chi connectivity index (χ1n) is 9.74. The number of ether oxygens (including phenoxy) is 1. The monoisotopic (exact) mass is 501 g/mol. The van der Waals surface area contributed by atoms with Crippen LogP contribution in [0, 0.1) is 0 Å². The first-order chi connectivity index (χ1) is 15.1. The molecular formula is C21H21BrClN7O. The van der Waals surface area contributed by atoms with Gasteiger partial charge in [0.05, 0.1) is 18.9 Å². The summed E-state index contributed by atoms with van der Waals surface area (Å²) in [4.78, 5) is 15.7. The third kappa shape index (κ3) is 5.90. The average molecular weight is 503 g/mol. The minimum Gasteiger partial charge on any atom is -0.378 e. The molecule has 0 bridgehead atoms. The van der Waals surface area contributed by atoms with Crippen LogP contribution in [0.4, 0.5) is 23.5 Å². The largest absolute Gasteiger partial charge is 0.378 e. The minimum atomic E-state index is 0.349. The van der Waals surface area contributed by atoms with E-state index >= 15 is 0 Å². The van der Waals surface area contributed by atoms with Crippen LogP contribution in [-0.4, -0.2) is 47.0 Å². The number of aromatic nitrogens is 3. The Morgan fingerprint density at radius 1 is 1.06 bits per heavy atom. The highest BCUT2D eigenvalue weighted by Crippen LogP contribution is 2.21. The molecule has 2 aromatic carbocycles. The fraction of sp³-hybridized carbons (Fsp3) is 0.238. The van der Waals surface area contributed by atoms with E-state index < -0.39 is 0 Å². The van der Waals surface area contributed by atoms with E-state index in [0.717, 1.165) is 21.4 Å². The predicted molar refractivity (Wildman–Crippen MR) is 128 cm³/mol. The molecule has 4 rings (SSSR count). The van der Waals surface area contributed by atoms with Crippen LogP contribution in [0.25, 0.3) is 0 Å². The second-order valence-electron chi connectivity index (χ2n) is 6.83. The maximum atomic E-state index is 5.97. The molecule has 0 spiro atoms. The van der Waals surface area contributed by atoms with Crippen molar-refractivity contribution < 1.29 is 4.74 Å². The Hall–Kier alpha value is -2.75. The normalized spacial score (nSPS) is 14.4. The molecule has 0 radical (unpaired) electrons. The van der Waals surface area contributed by atoms with Crippen LogP contribution < -0.4 is 15.6 Å². The Bertz CT molecular complexity index is 1070. The van der Waals surface area contributed by atoms with E-state index in [4.69, 9.17) is 16.3 Å². The molecule has 0 amide bonds. The molecular weight excluding hydrogens is 482 g/mol. The van der Waals surface area contributed by atoms with Gasteiger partial charge in [-0.1, -0.05) is 45.7 Å². The maximum absolute atomic E-state index is 5.97. The molecule has 0 atom stereocenters. The van der Waals surface area contributed by atoms with Gasteiger partial charge in [0, 0.05) is 28.3 Å². The molecule has 8 nitrogen and oxygen atoms in total. The average Bonchev–Trinajstić information content (AvgIpc) is 2.78. The summed E-state index contributed by atoms with van der Waals surface area (Å²) in [6, 6.07) is 15.3. The molecule has 10 heteroatoms. The van der Waals surface area contributed by atoms with Gasteiger partial charge in [-0.15, -0.1) is 0 Å². The van der Waals surface area contributed by atoms with Crippen LogP contribution in [0.1, 0.15) is 12.5 Å².